The van der Waals surface area contributed by atoms with Gasteiger partial charge in [0.05, 0.1) is 15.5 Å². The summed E-state index contributed by atoms with van der Waals surface area (Å²) in [4.78, 5) is 0. The van der Waals surface area contributed by atoms with Crippen molar-refractivity contribution in [3.05, 3.63) is 49.2 Å². The quantitative estimate of drug-likeness (QED) is 0.817. The van der Waals surface area contributed by atoms with Gasteiger partial charge in [-0.1, -0.05) is 18.2 Å². The molecule has 0 saturated heterocycles. The smallest absolute Gasteiger partial charge is 0.127 e. The molecule has 0 spiro atoms. The maximum absolute atomic E-state index is 6.38. The summed E-state index contributed by atoms with van der Waals surface area (Å²) in [7, 11) is 0. The first-order valence-corrected chi connectivity index (χ1v) is 7.95. The van der Waals surface area contributed by atoms with Gasteiger partial charge in [-0.15, -0.1) is 11.3 Å². The molecule has 2 nitrogen and oxygen atoms in total. The van der Waals surface area contributed by atoms with Crippen LogP contribution in [0.4, 0.5) is 0 Å². The van der Waals surface area contributed by atoms with Crippen molar-refractivity contribution in [1.82, 2.24) is 0 Å². The normalized spacial score (nSPS) is 15.9. The largest absolute Gasteiger partial charge is 0.493 e. The fourth-order valence-electron chi connectivity index (χ4n) is 2.33. The number of nitrogens with two attached hydrogens (primary N) is 1. The minimum Gasteiger partial charge on any atom is -0.493 e. The molecule has 0 amide bonds. The molecule has 0 fully saturated rings. The van der Waals surface area contributed by atoms with Gasteiger partial charge in [-0.25, -0.2) is 0 Å². The maximum Gasteiger partial charge on any atom is 0.127 e. The lowest BCUT2D eigenvalue weighted by molar-refractivity contribution is 0.284. The lowest BCUT2D eigenvalue weighted by Gasteiger charge is -2.23. The van der Waals surface area contributed by atoms with Crippen molar-refractivity contribution in [1.29, 1.82) is 0 Å². The molecule has 1 aromatic carbocycles. The zero-order valence-corrected chi connectivity index (χ0v) is 12.8. The standard InChI is InChI=1S/C14H14INOS/c15-12-7-10(8-18-12)13(16)11-5-1-3-9-4-2-6-17-14(9)11/h1,3,5,7-8,13H,2,4,6,16H2. The number of aryl methyl sites for hydroxylation is 1. The molecule has 2 N–H and O–H groups in total. The van der Waals surface area contributed by atoms with E-state index in [9.17, 15) is 0 Å². The molecule has 1 aromatic heterocycles. The van der Waals surface area contributed by atoms with E-state index in [0.29, 0.717) is 0 Å². The molecule has 1 aliphatic rings. The highest BCUT2D eigenvalue weighted by Crippen LogP contribution is 2.35. The number of rotatable bonds is 2. The van der Waals surface area contributed by atoms with Crippen LogP contribution in [-0.2, 0) is 6.42 Å². The average Bonchev–Trinajstić information content (AvgIpc) is 2.84. The number of para-hydroxylation sites is 1. The first-order valence-electron chi connectivity index (χ1n) is 6.00. The molecule has 1 aliphatic heterocycles. The Bertz CT molecular complexity index is 567. The number of hydrogen-bond acceptors (Lipinski definition) is 3. The third-order valence-corrected chi connectivity index (χ3v) is 5.05. The second-order valence-corrected chi connectivity index (χ2v) is 7.25. The number of thiophene rings is 1. The van der Waals surface area contributed by atoms with Crippen LogP contribution >= 0.6 is 33.9 Å². The van der Waals surface area contributed by atoms with Gasteiger partial charge in [0.1, 0.15) is 5.75 Å². The Morgan fingerprint density at radius 2 is 2.28 bits per heavy atom. The van der Waals surface area contributed by atoms with Crippen LogP contribution in [0, 0.1) is 2.88 Å². The molecule has 94 valence electrons. The summed E-state index contributed by atoms with van der Waals surface area (Å²) >= 11 is 4.06. The predicted octanol–water partition coefficient (Wildman–Crippen LogP) is 3.73. The minimum absolute atomic E-state index is 0.0854. The van der Waals surface area contributed by atoms with Crippen molar-refractivity contribution in [3.63, 3.8) is 0 Å². The number of ether oxygens (including phenoxy) is 1. The molecule has 0 saturated carbocycles. The molecule has 18 heavy (non-hydrogen) atoms. The van der Waals surface area contributed by atoms with Crippen LogP contribution < -0.4 is 10.5 Å². The van der Waals surface area contributed by atoms with Crippen LogP contribution in [0.25, 0.3) is 0 Å². The molecule has 2 aromatic rings. The van der Waals surface area contributed by atoms with E-state index in [0.717, 1.165) is 30.8 Å². The molecule has 2 heterocycles. The number of halogens is 1. The maximum atomic E-state index is 6.38. The summed E-state index contributed by atoms with van der Waals surface area (Å²) < 4.78 is 7.09. The van der Waals surface area contributed by atoms with Gasteiger partial charge in [0.2, 0.25) is 0 Å². The van der Waals surface area contributed by atoms with E-state index in [1.54, 1.807) is 11.3 Å². The van der Waals surface area contributed by atoms with Crippen LogP contribution in [0.15, 0.2) is 29.6 Å². The molecule has 4 heteroatoms. The summed E-state index contributed by atoms with van der Waals surface area (Å²) in [6, 6.07) is 8.37. The molecule has 0 aliphatic carbocycles. The Morgan fingerprint density at radius 1 is 1.39 bits per heavy atom. The second kappa shape index (κ2) is 5.19. The van der Waals surface area contributed by atoms with E-state index < -0.39 is 0 Å². The topological polar surface area (TPSA) is 35.2 Å². The zero-order chi connectivity index (χ0) is 12.5. The Balaban J connectivity index is 2.01. The summed E-state index contributed by atoms with van der Waals surface area (Å²) in [5.74, 6) is 1.01. The number of hydrogen-bond donors (Lipinski definition) is 1. The van der Waals surface area contributed by atoms with Crippen LogP contribution in [-0.4, -0.2) is 6.61 Å². The van der Waals surface area contributed by atoms with Gasteiger partial charge in [-0.2, -0.15) is 0 Å². The summed E-state index contributed by atoms with van der Waals surface area (Å²) in [5.41, 5.74) is 9.95. The molecule has 0 bridgehead atoms. The Labute approximate surface area is 124 Å². The first-order chi connectivity index (χ1) is 8.75. The van der Waals surface area contributed by atoms with Gasteiger partial charge in [-0.3, -0.25) is 0 Å². The van der Waals surface area contributed by atoms with Gasteiger partial charge < -0.3 is 10.5 Å². The van der Waals surface area contributed by atoms with Crippen LogP contribution in [0.1, 0.15) is 29.2 Å². The first kappa shape index (κ1) is 12.4. The van der Waals surface area contributed by atoms with Gasteiger partial charge in [0, 0.05) is 5.56 Å². The van der Waals surface area contributed by atoms with Gasteiger partial charge in [-0.05, 0) is 58.0 Å². The van der Waals surface area contributed by atoms with Crippen molar-refractivity contribution >= 4 is 33.9 Å². The highest BCUT2D eigenvalue weighted by molar-refractivity contribution is 14.1. The fourth-order valence-corrected chi connectivity index (χ4v) is 3.73. The van der Waals surface area contributed by atoms with Gasteiger partial charge in [0.25, 0.3) is 0 Å². The van der Waals surface area contributed by atoms with Crippen molar-refractivity contribution in [2.45, 2.75) is 18.9 Å². The monoisotopic (exact) mass is 371 g/mol. The summed E-state index contributed by atoms with van der Waals surface area (Å²) in [6.07, 6.45) is 2.19. The van der Waals surface area contributed by atoms with E-state index in [1.165, 1.54) is 14.0 Å². The lowest BCUT2D eigenvalue weighted by atomic mass is 9.96. The summed E-state index contributed by atoms with van der Waals surface area (Å²) in [6.45, 7) is 0.803. The molecule has 1 unspecified atom stereocenters. The molecule has 0 radical (unpaired) electrons. The molecular formula is C14H14INOS. The highest BCUT2D eigenvalue weighted by Gasteiger charge is 2.20. The van der Waals surface area contributed by atoms with Crippen LogP contribution in [0.5, 0.6) is 5.75 Å². The summed E-state index contributed by atoms with van der Waals surface area (Å²) in [5, 5.41) is 2.13. The Kier molecular flexibility index (Phi) is 3.59. The highest BCUT2D eigenvalue weighted by atomic mass is 127. The van der Waals surface area contributed by atoms with E-state index in [1.807, 2.05) is 0 Å². The Hall–Kier alpha value is -0.590. The number of benzene rings is 1. The van der Waals surface area contributed by atoms with Crippen LogP contribution in [0.3, 0.4) is 0 Å². The predicted molar refractivity (Wildman–Crippen MR) is 83.3 cm³/mol. The van der Waals surface area contributed by atoms with E-state index >= 15 is 0 Å². The average molecular weight is 371 g/mol. The van der Waals surface area contributed by atoms with E-state index in [4.69, 9.17) is 10.5 Å². The van der Waals surface area contributed by atoms with E-state index in [2.05, 4.69) is 52.2 Å². The number of fused-ring (bicyclic) bond motifs is 1. The molecule has 3 rings (SSSR count). The lowest BCUT2D eigenvalue weighted by Crippen LogP contribution is -2.16. The van der Waals surface area contributed by atoms with Gasteiger partial charge >= 0.3 is 0 Å². The van der Waals surface area contributed by atoms with Crippen molar-refractivity contribution in [2.75, 3.05) is 6.61 Å². The van der Waals surface area contributed by atoms with Gasteiger partial charge in [0.15, 0.2) is 0 Å². The van der Waals surface area contributed by atoms with Crippen molar-refractivity contribution < 1.29 is 4.74 Å². The molecule has 1 atom stereocenters. The van der Waals surface area contributed by atoms with Crippen LogP contribution in [0.2, 0.25) is 0 Å². The Morgan fingerprint density at radius 3 is 3.06 bits per heavy atom. The zero-order valence-electron chi connectivity index (χ0n) is 9.86. The fraction of sp³-hybridized carbons (Fsp3) is 0.286. The second-order valence-electron chi connectivity index (χ2n) is 4.45. The third-order valence-electron chi connectivity index (χ3n) is 3.25. The third kappa shape index (κ3) is 2.29. The van der Waals surface area contributed by atoms with Crippen molar-refractivity contribution in [2.24, 2.45) is 5.73 Å². The minimum atomic E-state index is -0.0854. The molecular weight excluding hydrogens is 357 g/mol. The van der Waals surface area contributed by atoms with Crippen molar-refractivity contribution in [3.8, 4) is 5.75 Å². The van der Waals surface area contributed by atoms with E-state index in [-0.39, 0.29) is 6.04 Å². The SMILES string of the molecule is NC(c1csc(I)c1)c1cccc2c1OCCC2.